The number of piperidine rings is 1. The van der Waals surface area contributed by atoms with Crippen LogP contribution in [0.1, 0.15) is 37.0 Å². The van der Waals surface area contributed by atoms with Crippen molar-refractivity contribution in [3.05, 3.63) is 29.8 Å². The van der Waals surface area contributed by atoms with E-state index in [4.69, 9.17) is 4.74 Å². The molecule has 1 aliphatic heterocycles. The Balaban J connectivity index is 1.90. The van der Waals surface area contributed by atoms with Crippen LogP contribution in [0.2, 0.25) is 0 Å². The number of carbonyl (C=O) groups is 2. The highest BCUT2D eigenvalue weighted by molar-refractivity contribution is 5.94. The predicted molar refractivity (Wildman–Crippen MR) is 80.6 cm³/mol. The number of benzene rings is 1. The molecule has 0 bridgehead atoms. The molecule has 0 saturated carbocycles. The van der Waals surface area contributed by atoms with E-state index in [9.17, 15) is 9.59 Å². The molecule has 5 nitrogen and oxygen atoms in total. The third kappa shape index (κ3) is 4.56. The van der Waals surface area contributed by atoms with Crippen molar-refractivity contribution in [3.63, 3.8) is 0 Å². The van der Waals surface area contributed by atoms with Crippen LogP contribution in [-0.4, -0.2) is 36.9 Å². The molecule has 1 heterocycles. The predicted octanol–water partition coefficient (Wildman–Crippen LogP) is 1.52. The highest BCUT2D eigenvalue weighted by Crippen LogP contribution is 2.15. The fourth-order valence-corrected chi connectivity index (χ4v) is 2.34. The number of ketones is 1. The van der Waals surface area contributed by atoms with Gasteiger partial charge in [0.2, 0.25) is 0 Å². The molecule has 2 rings (SSSR count). The Morgan fingerprint density at radius 3 is 2.90 bits per heavy atom. The van der Waals surface area contributed by atoms with Gasteiger partial charge in [0.1, 0.15) is 5.75 Å². The minimum absolute atomic E-state index is 0.0224. The van der Waals surface area contributed by atoms with Crippen molar-refractivity contribution in [1.29, 1.82) is 0 Å². The first-order valence-corrected chi connectivity index (χ1v) is 7.35. The van der Waals surface area contributed by atoms with Crippen molar-refractivity contribution in [2.45, 2.75) is 38.8 Å². The minimum Gasteiger partial charge on any atom is -0.481 e. The molecule has 1 aromatic carbocycles. The molecule has 1 aliphatic rings. The lowest BCUT2D eigenvalue weighted by atomic mass is 10.1. The number of hydrogen-bond donors (Lipinski definition) is 2. The average Bonchev–Trinajstić information content (AvgIpc) is 2.48. The lowest BCUT2D eigenvalue weighted by molar-refractivity contribution is -0.128. The first-order chi connectivity index (χ1) is 10.1. The molecule has 21 heavy (non-hydrogen) atoms. The first kappa shape index (κ1) is 15.5. The number of ether oxygens (including phenoxy) is 1. The van der Waals surface area contributed by atoms with Crippen LogP contribution in [0.15, 0.2) is 24.3 Å². The van der Waals surface area contributed by atoms with E-state index in [1.54, 1.807) is 31.2 Å². The molecule has 1 aromatic rings. The van der Waals surface area contributed by atoms with Crippen molar-refractivity contribution in [3.8, 4) is 5.75 Å². The summed E-state index contributed by atoms with van der Waals surface area (Å²) in [5, 5.41) is 6.24. The molecule has 2 N–H and O–H groups in total. The van der Waals surface area contributed by atoms with E-state index in [-0.39, 0.29) is 17.7 Å². The van der Waals surface area contributed by atoms with Gasteiger partial charge in [-0.05, 0) is 45.4 Å². The average molecular weight is 290 g/mol. The first-order valence-electron chi connectivity index (χ1n) is 7.35. The zero-order chi connectivity index (χ0) is 15.2. The Labute approximate surface area is 125 Å². The molecule has 5 heteroatoms. The second kappa shape index (κ2) is 7.22. The summed E-state index contributed by atoms with van der Waals surface area (Å²) in [4.78, 5) is 23.4. The Bertz CT molecular complexity index is 510. The highest BCUT2D eigenvalue weighted by Gasteiger charge is 2.20. The second-order valence-corrected chi connectivity index (χ2v) is 5.40. The van der Waals surface area contributed by atoms with Crippen LogP contribution in [0, 0.1) is 0 Å². The summed E-state index contributed by atoms with van der Waals surface area (Å²) in [5.41, 5.74) is 0.580. The third-order valence-electron chi connectivity index (χ3n) is 3.57. The zero-order valence-electron chi connectivity index (χ0n) is 12.5. The Morgan fingerprint density at radius 2 is 2.24 bits per heavy atom. The van der Waals surface area contributed by atoms with Gasteiger partial charge >= 0.3 is 0 Å². The molecule has 1 saturated heterocycles. The quantitative estimate of drug-likeness (QED) is 0.807. The Morgan fingerprint density at radius 1 is 1.43 bits per heavy atom. The normalized spacial score (nSPS) is 19.6. The monoisotopic (exact) mass is 290 g/mol. The van der Waals surface area contributed by atoms with Crippen molar-refractivity contribution >= 4 is 11.7 Å². The van der Waals surface area contributed by atoms with Gasteiger partial charge < -0.3 is 15.4 Å². The van der Waals surface area contributed by atoms with Crippen LogP contribution in [0.4, 0.5) is 0 Å². The summed E-state index contributed by atoms with van der Waals surface area (Å²) in [6.07, 6.45) is 1.47. The lowest BCUT2D eigenvalue weighted by Gasteiger charge is -2.25. The maximum absolute atomic E-state index is 12.1. The van der Waals surface area contributed by atoms with Gasteiger partial charge in [-0.1, -0.05) is 12.1 Å². The second-order valence-electron chi connectivity index (χ2n) is 5.40. The van der Waals surface area contributed by atoms with Gasteiger partial charge in [-0.25, -0.2) is 0 Å². The summed E-state index contributed by atoms with van der Waals surface area (Å²) in [5.74, 6) is 0.384. The molecular weight excluding hydrogens is 268 g/mol. The largest absolute Gasteiger partial charge is 0.481 e. The van der Waals surface area contributed by atoms with E-state index in [2.05, 4.69) is 10.6 Å². The van der Waals surface area contributed by atoms with Gasteiger partial charge in [0.25, 0.3) is 5.91 Å². The Kier molecular flexibility index (Phi) is 5.33. The minimum atomic E-state index is -0.589. The van der Waals surface area contributed by atoms with Crippen LogP contribution in [-0.2, 0) is 4.79 Å². The molecule has 2 unspecified atom stereocenters. The maximum atomic E-state index is 12.1. The van der Waals surface area contributed by atoms with E-state index in [1.807, 2.05) is 0 Å². The highest BCUT2D eigenvalue weighted by atomic mass is 16.5. The molecule has 1 amide bonds. The molecule has 114 valence electrons. The maximum Gasteiger partial charge on any atom is 0.261 e. The van der Waals surface area contributed by atoms with Gasteiger partial charge in [0.15, 0.2) is 11.9 Å². The molecule has 1 fully saturated rings. The Hall–Kier alpha value is -1.88. The molecule has 0 spiro atoms. The topological polar surface area (TPSA) is 67.4 Å². The van der Waals surface area contributed by atoms with E-state index < -0.39 is 6.10 Å². The van der Waals surface area contributed by atoms with Crippen molar-refractivity contribution < 1.29 is 14.3 Å². The van der Waals surface area contributed by atoms with Crippen LogP contribution in [0.3, 0.4) is 0 Å². The summed E-state index contributed by atoms with van der Waals surface area (Å²) < 4.78 is 5.62. The van der Waals surface area contributed by atoms with Crippen molar-refractivity contribution in [1.82, 2.24) is 10.6 Å². The standard InChI is InChI=1S/C16H22N2O3/c1-11(19)13-5-3-7-15(9-13)21-12(2)16(20)18-14-6-4-8-17-10-14/h3,5,7,9,12,14,17H,4,6,8,10H2,1-2H3,(H,18,20). The summed E-state index contributed by atoms with van der Waals surface area (Å²) in [6.45, 7) is 5.03. The van der Waals surface area contributed by atoms with Crippen LogP contribution in [0.25, 0.3) is 0 Å². The van der Waals surface area contributed by atoms with E-state index >= 15 is 0 Å². The van der Waals surface area contributed by atoms with Gasteiger partial charge in [-0.2, -0.15) is 0 Å². The van der Waals surface area contributed by atoms with Gasteiger partial charge in [-0.15, -0.1) is 0 Å². The lowest BCUT2D eigenvalue weighted by Crippen LogP contribution is -2.49. The van der Waals surface area contributed by atoms with E-state index in [0.717, 1.165) is 25.9 Å². The molecule has 0 aliphatic carbocycles. The van der Waals surface area contributed by atoms with Gasteiger partial charge in [0.05, 0.1) is 0 Å². The zero-order valence-corrected chi connectivity index (χ0v) is 12.5. The van der Waals surface area contributed by atoms with Crippen molar-refractivity contribution in [2.75, 3.05) is 13.1 Å². The number of amides is 1. The van der Waals surface area contributed by atoms with Crippen LogP contribution in [0.5, 0.6) is 5.75 Å². The third-order valence-corrected chi connectivity index (χ3v) is 3.57. The number of Topliss-reactive ketones (excluding diaryl/α,β-unsaturated/α-hetero) is 1. The fraction of sp³-hybridized carbons (Fsp3) is 0.500. The van der Waals surface area contributed by atoms with E-state index in [0.29, 0.717) is 11.3 Å². The van der Waals surface area contributed by atoms with Gasteiger partial charge in [0, 0.05) is 18.2 Å². The fourth-order valence-electron chi connectivity index (χ4n) is 2.34. The van der Waals surface area contributed by atoms with E-state index in [1.165, 1.54) is 6.92 Å². The summed E-state index contributed by atoms with van der Waals surface area (Å²) in [7, 11) is 0. The number of hydrogen-bond acceptors (Lipinski definition) is 4. The van der Waals surface area contributed by atoms with Crippen molar-refractivity contribution in [2.24, 2.45) is 0 Å². The molecular formula is C16H22N2O3. The summed E-state index contributed by atoms with van der Waals surface area (Å²) >= 11 is 0. The number of carbonyl (C=O) groups excluding carboxylic acids is 2. The van der Waals surface area contributed by atoms with Crippen LogP contribution >= 0.6 is 0 Å². The number of rotatable bonds is 5. The summed E-state index contributed by atoms with van der Waals surface area (Å²) in [6, 6.07) is 7.06. The SMILES string of the molecule is CC(=O)c1cccc(OC(C)C(=O)NC2CCCNC2)c1. The molecule has 0 aromatic heterocycles. The number of nitrogens with one attached hydrogen (secondary N) is 2. The van der Waals surface area contributed by atoms with Gasteiger partial charge in [-0.3, -0.25) is 9.59 Å². The smallest absolute Gasteiger partial charge is 0.261 e. The van der Waals surface area contributed by atoms with Crippen LogP contribution < -0.4 is 15.4 Å². The molecule has 2 atom stereocenters. The molecule has 0 radical (unpaired) electrons.